The molecular formula is C24H30F2N4O2. The molecule has 3 rings (SSSR count). The second-order valence-electron chi connectivity index (χ2n) is 8.18. The van der Waals surface area contributed by atoms with Crippen LogP contribution >= 0.6 is 0 Å². The second-order valence-corrected chi connectivity index (χ2v) is 8.18. The lowest BCUT2D eigenvalue weighted by Gasteiger charge is -2.35. The maximum absolute atomic E-state index is 13.3. The van der Waals surface area contributed by atoms with E-state index in [9.17, 15) is 18.4 Å². The molecule has 2 heterocycles. The second kappa shape index (κ2) is 11.0. The zero-order valence-electron chi connectivity index (χ0n) is 18.6. The fourth-order valence-electron chi connectivity index (χ4n) is 3.81. The molecule has 0 aliphatic carbocycles. The van der Waals surface area contributed by atoms with E-state index in [0.717, 1.165) is 30.8 Å². The molecule has 1 aliphatic rings. The number of carbonyl (C=O) groups is 2. The Morgan fingerprint density at radius 3 is 2.47 bits per heavy atom. The zero-order valence-corrected chi connectivity index (χ0v) is 18.6. The molecule has 32 heavy (non-hydrogen) atoms. The summed E-state index contributed by atoms with van der Waals surface area (Å²) >= 11 is 0. The minimum absolute atomic E-state index is 0.00411. The Bertz CT molecular complexity index is 928. The summed E-state index contributed by atoms with van der Waals surface area (Å²) in [6.45, 7) is 6.48. The smallest absolute Gasteiger partial charge is 0.253 e. The summed E-state index contributed by atoms with van der Waals surface area (Å²) in [6, 6.07) is 7.46. The SMILES string of the molecule is CCCC(C)NC(=O)c1ccc(N2CCN(C(=O)CCc3ccc(F)c(F)c3)CC2)nc1. The molecule has 0 bridgehead atoms. The molecule has 172 valence electrons. The van der Waals surface area contributed by atoms with Crippen LogP contribution in [0.3, 0.4) is 0 Å². The number of amides is 2. The first kappa shape index (κ1) is 23.6. The predicted molar refractivity (Wildman–Crippen MR) is 120 cm³/mol. The average molecular weight is 445 g/mol. The van der Waals surface area contributed by atoms with Crippen molar-refractivity contribution in [2.45, 2.75) is 45.6 Å². The fourth-order valence-corrected chi connectivity index (χ4v) is 3.81. The van der Waals surface area contributed by atoms with Crippen molar-refractivity contribution in [3.05, 3.63) is 59.3 Å². The standard InChI is InChI=1S/C24H30F2N4O2/c1-3-4-17(2)28-24(32)19-7-9-22(27-16-19)29-11-13-30(14-12-29)23(31)10-6-18-5-8-20(25)21(26)15-18/h5,7-9,15-17H,3-4,6,10-14H2,1-2H3,(H,28,32). The summed E-state index contributed by atoms with van der Waals surface area (Å²) in [5.74, 6) is -1.13. The van der Waals surface area contributed by atoms with Crippen molar-refractivity contribution in [1.29, 1.82) is 0 Å². The number of nitrogens with one attached hydrogen (secondary N) is 1. The third kappa shape index (κ3) is 6.24. The number of aryl methyl sites for hydroxylation is 1. The molecule has 1 fully saturated rings. The highest BCUT2D eigenvalue weighted by molar-refractivity contribution is 5.94. The number of carbonyl (C=O) groups excluding carboxylic acids is 2. The fraction of sp³-hybridized carbons (Fsp3) is 0.458. The van der Waals surface area contributed by atoms with Crippen LogP contribution in [0.1, 0.15) is 49.0 Å². The number of hydrogen-bond acceptors (Lipinski definition) is 4. The Morgan fingerprint density at radius 1 is 1.09 bits per heavy atom. The Labute approximate surface area is 187 Å². The topological polar surface area (TPSA) is 65.5 Å². The molecule has 2 amide bonds. The maximum Gasteiger partial charge on any atom is 0.253 e. The molecule has 1 atom stereocenters. The minimum atomic E-state index is -0.893. The van der Waals surface area contributed by atoms with Crippen molar-refractivity contribution in [2.75, 3.05) is 31.1 Å². The number of aromatic nitrogens is 1. The van der Waals surface area contributed by atoms with E-state index < -0.39 is 11.6 Å². The van der Waals surface area contributed by atoms with Crippen molar-refractivity contribution in [1.82, 2.24) is 15.2 Å². The van der Waals surface area contributed by atoms with Gasteiger partial charge in [0.2, 0.25) is 5.91 Å². The molecule has 0 spiro atoms. The molecule has 1 aliphatic heterocycles. The van der Waals surface area contributed by atoms with Crippen molar-refractivity contribution in [2.24, 2.45) is 0 Å². The Balaban J connectivity index is 1.47. The van der Waals surface area contributed by atoms with Crippen LogP contribution in [0, 0.1) is 11.6 Å². The van der Waals surface area contributed by atoms with Crippen molar-refractivity contribution in [3.8, 4) is 0 Å². The van der Waals surface area contributed by atoms with Crippen LogP contribution in [0.2, 0.25) is 0 Å². The van der Waals surface area contributed by atoms with Gasteiger partial charge < -0.3 is 15.1 Å². The molecule has 1 aromatic heterocycles. The third-order valence-corrected chi connectivity index (χ3v) is 5.68. The van der Waals surface area contributed by atoms with E-state index in [1.165, 1.54) is 6.07 Å². The van der Waals surface area contributed by atoms with Crippen LogP contribution in [-0.2, 0) is 11.2 Å². The summed E-state index contributed by atoms with van der Waals surface area (Å²) in [5, 5.41) is 2.97. The van der Waals surface area contributed by atoms with Crippen molar-refractivity contribution < 1.29 is 18.4 Å². The molecule has 6 nitrogen and oxygen atoms in total. The number of anilines is 1. The number of rotatable bonds is 8. The van der Waals surface area contributed by atoms with Crippen LogP contribution in [0.5, 0.6) is 0 Å². The summed E-state index contributed by atoms with van der Waals surface area (Å²) in [7, 11) is 0. The Morgan fingerprint density at radius 2 is 1.84 bits per heavy atom. The first-order chi connectivity index (χ1) is 15.4. The van der Waals surface area contributed by atoms with Gasteiger partial charge in [0, 0.05) is 44.8 Å². The van der Waals surface area contributed by atoms with Gasteiger partial charge in [-0.1, -0.05) is 19.4 Å². The van der Waals surface area contributed by atoms with Crippen LogP contribution in [0.25, 0.3) is 0 Å². The van der Waals surface area contributed by atoms with Gasteiger partial charge in [-0.05, 0) is 49.6 Å². The molecular weight excluding hydrogens is 414 g/mol. The monoisotopic (exact) mass is 444 g/mol. The lowest BCUT2D eigenvalue weighted by molar-refractivity contribution is -0.131. The normalized spacial score (nSPS) is 14.9. The highest BCUT2D eigenvalue weighted by Gasteiger charge is 2.22. The van der Waals surface area contributed by atoms with Crippen molar-refractivity contribution in [3.63, 3.8) is 0 Å². The van der Waals surface area contributed by atoms with Gasteiger partial charge in [0.25, 0.3) is 5.91 Å². The molecule has 1 aromatic carbocycles. The van der Waals surface area contributed by atoms with Gasteiger partial charge >= 0.3 is 0 Å². The van der Waals surface area contributed by atoms with Gasteiger partial charge in [0.05, 0.1) is 5.56 Å². The van der Waals surface area contributed by atoms with Gasteiger partial charge in [-0.3, -0.25) is 9.59 Å². The Hall–Kier alpha value is -3.03. The minimum Gasteiger partial charge on any atom is -0.353 e. The molecule has 8 heteroatoms. The number of benzene rings is 1. The van der Waals surface area contributed by atoms with Crippen LogP contribution in [-0.4, -0.2) is 53.9 Å². The lowest BCUT2D eigenvalue weighted by atomic mass is 10.1. The number of piperazine rings is 1. The Kier molecular flexibility index (Phi) is 8.14. The molecule has 0 radical (unpaired) electrons. The van der Waals surface area contributed by atoms with E-state index in [1.807, 2.05) is 13.0 Å². The van der Waals surface area contributed by atoms with E-state index in [-0.39, 0.29) is 24.3 Å². The highest BCUT2D eigenvalue weighted by atomic mass is 19.2. The molecule has 1 N–H and O–H groups in total. The first-order valence-electron chi connectivity index (χ1n) is 11.1. The van der Waals surface area contributed by atoms with Crippen molar-refractivity contribution >= 4 is 17.6 Å². The van der Waals surface area contributed by atoms with Gasteiger partial charge in [-0.25, -0.2) is 13.8 Å². The van der Waals surface area contributed by atoms with E-state index in [0.29, 0.717) is 43.7 Å². The third-order valence-electron chi connectivity index (χ3n) is 5.68. The summed E-state index contributed by atoms with van der Waals surface area (Å²) in [4.78, 5) is 33.1. The molecule has 1 saturated heterocycles. The number of nitrogens with zero attached hydrogens (tertiary/aromatic N) is 3. The van der Waals surface area contributed by atoms with E-state index in [1.54, 1.807) is 17.2 Å². The number of pyridine rings is 1. The summed E-state index contributed by atoms with van der Waals surface area (Å²) in [6.07, 6.45) is 4.16. The van der Waals surface area contributed by atoms with Crippen LogP contribution in [0.4, 0.5) is 14.6 Å². The quantitative estimate of drug-likeness (QED) is 0.676. The number of hydrogen-bond donors (Lipinski definition) is 1. The zero-order chi connectivity index (χ0) is 23.1. The molecule has 0 saturated carbocycles. The number of halogens is 2. The lowest BCUT2D eigenvalue weighted by Crippen LogP contribution is -2.49. The summed E-state index contributed by atoms with van der Waals surface area (Å²) in [5.41, 5.74) is 1.14. The average Bonchev–Trinajstić information content (AvgIpc) is 2.80. The van der Waals surface area contributed by atoms with Gasteiger partial charge in [0.1, 0.15) is 5.82 Å². The van der Waals surface area contributed by atoms with Crippen LogP contribution < -0.4 is 10.2 Å². The van der Waals surface area contributed by atoms with Gasteiger partial charge in [-0.15, -0.1) is 0 Å². The maximum atomic E-state index is 13.3. The van der Waals surface area contributed by atoms with E-state index in [2.05, 4.69) is 22.1 Å². The predicted octanol–water partition coefficient (Wildman–Crippen LogP) is 3.56. The van der Waals surface area contributed by atoms with Gasteiger partial charge in [0.15, 0.2) is 11.6 Å². The largest absolute Gasteiger partial charge is 0.353 e. The highest BCUT2D eigenvalue weighted by Crippen LogP contribution is 2.16. The molecule has 2 aromatic rings. The van der Waals surface area contributed by atoms with E-state index in [4.69, 9.17) is 0 Å². The van der Waals surface area contributed by atoms with Crippen LogP contribution in [0.15, 0.2) is 36.5 Å². The molecule has 1 unspecified atom stereocenters. The van der Waals surface area contributed by atoms with E-state index >= 15 is 0 Å². The first-order valence-corrected chi connectivity index (χ1v) is 11.1. The summed E-state index contributed by atoms with van der Waals surface area (Å²) < 4.78 is 26.3. The van der Waals surface area contributed by atoms with Gasteiger partial charge in [-0.2, -0.15) is 0 Å².